The lowest BCUT2D eigenvalue weighted by molar-refractivity contribution is 0.0948. The Labute approximate surface area is 141 Å². The van der Waals surface area contributed by atoms with Crippen LogP contribution in [0.3, 0.4) is 0 Å². The van der Waals surface area contributed by atoms with E-state index in [2.05, 4.69) is 15.5 Å². The van der Waals surface area contributed by atoms with Crippen molar-refractivity contribution in [3.05, 3.63) is 40.7 Å². The number of carbonyl (C=O) groups excluding carboxylic acids is 1. The Hall–Kier alpha value is -2.50. The quantitative estimate of drug-likeness (QED) is 0.852. The number of carbonyl (C=O) groups is 1. The van der Waals surface area contributed by atoms with Gasteiger partial charge in [0.05, 0.1) is 14.2 Å². The van der Waals surface area contributed by atoms with Crippen LogP contribution in [0.1, 0.15) is 40.2 Å². The summed E-state index contributed by atoms with van der Waals surface area (Å²) in [6.07, 6.45) is 4.85. The molecule has 2 aromatic rings. The SMILES string of the molecule is COc1ccc(OC)c(CCNC(=O)c2n[nH]c3c2CCCC3)c1. The number of hydrogen-bond donors (Lipinski definition) is 2. The van der Waals surface area contributed by atoms with Crippen molar-refractivity contribution in [1.82, 2.24) is 15.5 Å². The van der Waals surface area contributed by atoms with Crippen molar-refractivity contribution in [2.75, 3.05) is 20.8 Å². The molecule has 3 rings (SSSR count). The van der Waals surface area contributed by atoms with E-state index in [4.69, 9.17) is 9.47 Å². The number of amides is 1. The second kappa shape index (κ2) is 7.38. The number of nitrogens with one attached hydrogen (secondary N) is 2. The Kier molecular flexibility index (Phi) is 5.03. The standard InChI is InChI=1S/C18H23N3O3/c1-23-13-7-8-16(24-2)12(11-13)9-10-19-18(22)17-14-5-3-4-6-15(14)20-21-17/h7-8,11H,3-6,9-10H2,1-2H3,(H,19,22)(H,20,21). The van der Waals surface area contributed by atoms with Crippen molar-refractivity contribution in [2.45, 2.75) is 32.1 Å². The van der Waals surface area contributed by atoms with E-state index in [1.165, 1.54) is 0 Å². The highest BCUT2D eigenvalue weighted by molar-refractivity contribution is 5.94. The van der Waals surface area contributed by atoms with Gasteiger partial charge in [-0.1, -0.05) is 0 Å². The zero-order chi connectivity index (χ0) is 16.9. The number of aromatic nitrogens is 2. The number of methoxy groups -OCH3 is 2. The van der Waals surface area contributed by atoms with E-state index in [1.807, 2.05) is 18.2 Å². The van der Waals surface area contributed by atoms with Crippen molar-refractivity contribution >= 4 is 5.91 Å². The number of benzene rings is 1. The number of aryl methyl sites for hydroxylation is 1. The molecule has 0 saturated heterocycles. The fraction of sp³-hybridized carbons (Fsp3) is 0.444. The zero-order valence-electron chi connectivity index (χ0n) is 14.1. The molecule has 0 saturated carbocycles. The highest BCUT2D eigenvalue weighted by Crippen LogP contribution is 2.24. The summed E-state index contributed by atoms with van der Waals surface area (Å²) in [5.41, 5.74) is 3.74. The van der Waals surface area contributed by atoms with Crippen LogP contribution >= 0.6 is 0 Å². The maximum Gasteiger partial charge on any atom is 0.272 e. The normalized spacial score (nSPS) is 13.2. The van der Waals surface area contributed by atoms with Crippen LogP contribution < -0.4 is 14.8 Å². The molecule has 0 unspecified atom stereocenters. The van der Waals surface area contributed by atoms with E-state index in [-0.39, 0.29) is 5.91 Å². The summed E-state index contributed by atoms with van der Waals surface area (Å²) in [4.78, 5) is 12.4. The summed E-state index contributed by atoms with van der Waals surface area (Å²) < 4.78 is 10.6. The number of nitrogens with zero attached hydrogens (tertiary/aromatic N) is 1. The molecule has 6 heteroatoms. The van der Waals surface area contributed by atoms with Crippen LogP contribution in [0.5, 0.6) is 11.5 Å². The van der Waals surface area contributed by atoms with E-state index in [0.29, 0.717) is 18.7 Å². The Morgan fingerprint density at radius 2 is 2.08 bits per heavy atom. The van der Waals surface area contributed by atoms with Gasteiger partial charge >= 0.3 is 0 Å². The predicted molar refractivity (Wildman–Crippen MR) is 90.8 cm³/mol. The van der Waals surface area contributed by atoms with Crippen LogP contribution in [0.4, 0.5) is 0 Å². The molecule has 6 nitrogen and oxygen atoms in total. The molecular weight excluding hydrogens is 306 g/mol. The lowest BCUT2D eigenvalue weighted by Gasteiger charge is -2.12. The molecule has 0 atom stereocenters. The zero-order valence-corrected chi connectivity index (χ0v) is 14.1. The highest BCUT2D eigenvalue weighted by Gasteiger charge is 2.21. The summed E-state index contributed by atoms with van der Waals surface area (Å²) in [6, 6.07) is 5.67. The Morgan fingerprint density at radius 3 is 2.88 bits per heavy atom. The van der Waals surface area contributed by atoms with E-state index >= 15 is 0 Å². The van der Waals surface area contributed by atoms with Crippen LogP contribution in [0.2, 0.25) is 0 Å². The monoisotopic (exact) mass is 329 g/mol. The van der Waals surface area contributed by atoms with Gasteiger partial charge in [-0.25, -0.2) is 0 Å². The summed E-state index contributed by atoms with van der Waals surface area (Å²) >= 11 is 0. The van der Waals surface area contributed by atoms with Gasteiger partial charge in [0.1, 0.15) is 11.5 Å². The molecule has 1 amide bonds. The molecule has 0 aliphatic heterocycles. The molecule has 1 aromatic heterocycles. The van der Waals surface area contributed by atoms with Crippen molar-refractivity contribution < 1.29 is 14.3 Å². The summed E-state index contributed by atoms with van der Waals surface area (Å²) in [6.45, 7) is 0.518. The summed E-state index contributed by atoms with van der Waals surface area (Å²) in [7, 11) is 3.27. The first kappa shape index (κ1) is 16.4. The number of aromatic amines is 1. The van der Waals surface area contributed by atoms with Gasteiger partial charge in [-0.15, -0.1) is 0 Å². The molecular formula is C18H23N3O3. The number of rotatable bonds is 6. The van der Waals surface area contributed by atoms with Crippen LogP contribution in [0.15, 0.2) is 18.2 Å². The maximum absolute atomic E-state index is 12.4. The Bertz CT molecular complexity index is 724. The van der Waals surface area contributed by atoms with Gasteiger partial charge in [0.25, 0.3) is 5.91 Å². The smallest absolute Gasteiger partial charge is 0.272 e. The van der Waals surface area contributed by atoms with Gasteiger partial charge < -0.3 is 14.8 Å². The van der Waals surface area contributed by atoms with Crippen molar-refractivity contribution in [1.29, 1.82) is 0 Å². The number of H-pyrrole nitrogens is 1. The molecule has 1 aromatic carbocycles. The number of hydrogen-bond acceptors (Lipinski definition) is 4. The molecule has 0 bridgehead atoms. The van der Waals surface area contributed by atoms with Gasteiger partial charge in [-0.05, 0) is 55.9 Å². The fourth-order valence-corrected chi connectivity index (χ4v) is 3.14. The fourth-order valence-electron chi connectivity index (χ4n) is 3.14. The maximum atomic E-state index is 12.4. The lowest BCUT2D eigenvalue weighted by atomic mass is 9.96. The number of ether oxygens (including phenoxy) is 2. The molecule has 2 N–H and O–H groups in total. The third-order valence-electron chi connectivity index (χ3n) is 4.44. The van der Waals surface area contributed by atoms with Crippen LogP contribution in [-0.2, 0) is 19.3 Å². The predicted octanol–water partition coefficient (Wildman–Crippen LogP) is 2.28. The second-order valence-electron chi connectivity index (χ2n) is 5.92. The minimum atomic E-state index is -0.115. The average Bonchev–Trinajstić information content (AvgIpc) is 3.05. The largest absolute Gasteiger partial charge is 0.497 e. The van der Waals surface area contributed by atoms with Gasteiger partial charge in [-0.3, -0.25) is 9.89 Å². The minimum absolute atomic E-state index is 0.115. The van der Waals surface area contributed by atoms with Crippen molar-refractivity contribution in [2.24, 2.45) is 0 Å². The molecule has 24 heavy (non-hydrogen) atoms. The topological polar surface area (TPSA) is 76.2 Å². The molecule has 0 fully saturated rings. The third kappa shape index (κ3) is 3.37. The molecule has 128 valence electrons. The molecule has 0 spiro atoms. The first-order chi connectivity index (χ1) is 11.7. The molecule has 1 heterocycles. The summed E-state index contributed by atoms with van der Waals surface area (Å²) in [5.74, 6) is 1.46. The first-order valence-electron chi connectivity index (χ1n) is 8.28. The van der Waals surface area contributed by atoms with Gasteiger partial charge in [0.2, 0.25) is 0 Å². The highest BCUT2D eigenvalue weighted by atomic mass is 16.5. The Balaban J connectivity index is 1.62. The van der Waals surface area contributed by atoms with Crippen LogP contribution in [-0.4, -0.2) is 36.9 Å². The van der Waals surface area contributed by atoms with Crippen LogP contribution in [0.25, 0.3) is 0 Å². The number of fused-ring (bicyclic) bond motifs is 1. The molecule has 0 radical (unpaired) electrons. The Morgan fingerprint density at radius 1 is 1.25 bits per heavy atom. The van der Waals surface area contributed by atoms with Crippen molar-refractivity contribution in [3.63, 3.8) is 0 Å². The second-order valence-corrected chi connectivity index (χ2v) is 5.92. The van der Waals surface area contributed by atoms with Crippen molar-refractivity contribution in [3.8, 4) is 11.5 Å². The van der Waals surface area contributed by atoms with Gasteiger partial charge in [0, 0.05) is 17.8 Å². The van der Waals surface area contributed by atoms with Gasteiger partial charge in [-0.2, -0.15) is 5.10 Å². The van der Waals surface area contributed by atoms with E-state index in [0.717, 1.165) is 54.0 Å². The molecule has 1 aliphatic carbocycles. The van der Waals surface area contributed by atoms with E-state index in [9.17, 15) is 4.79 Å². The van der Waals surface area contributed by atoms with Gasteiger partial charge in [0.15, 0.2) is 5.69 Å². The van der Waals surface area contributed by atoms with E-state index < -0.39 is 0 Å². The third-order valence-corrected chi connectivity index (χ3v) is 4.44. The molecule has 1 aliphatic rings. The minimum Gasteiger partial charge on any atom is -0.497 e. The van der Waals surface area contributed by atoms with Crippen LogP contribution in [0, 0.1) is 0 Å². The van der Waals surface area contributed by atoms with E-state index in [1.54, 1.807) is 14.2 Å². The average molecular weight is 329 g/mol. The lowest BCUT2D eigenvalue weighted by Crippen LogP contribution is -2.27. The summed E-state index contributed by atoms with van der Waals surface area (Å²) in [5, 5.41) is 10.2. The first-order valence-corrected chi connectivity index (χ1v) is 8.28.